The average Bonchev–Trinajstić information content (AvgIpc) is 3.17. The van der Waals surface area contributed by atoms with Crippen LogP contribution in [0.2, 0.25) is 0 Å². The quantitative estimate of drug-likeness (QED) is 0.833. The molecule has 1 atom stereocenters. The molecule has 1 saturated carbocycles. The first kappa shape index (κ1) is 14.8. The highest BCUT2D eigenvalue weighted by Gasteiger charge is 2.39. The monoisotopic (exact) mass is 336 g/mol. The highest BCUT2D eigenvalue weighted by molar-refractivity contribution is 7.89. The van der Waals surface area contributed by atoms with Gasteiger partial charge in [-0.2, -0.15) is 14.5 Å². The van der Waals surface area contributed by atoms with Crippen molar-refractivity contribution in [1.82, 2.24) is 28.9 Å². The zero-order valence-electron chi connectivity index (χ0n) is 13.5. The molecule has 2 aromatic heterocycles. The van der Waals surface area contributed by atoms with Gasteiger partial charge >= 0.3 is 0 Å². The third-order valence-corrected chi connectivity index (χ3v) is 6.85. The molecule has 0 bridgehead atoms. The van der Waals surface area contributed by atoms with E-state index in [2.05, 4.69) is 15.2 Å². The Kier molecular flexibility index (Phi) is 3.14. The summed E-state index contributed by atoms with van der Waals surface area (Å²) >= 11 is 0. The lowest BCUT2D eigenvalue weighted by atomic mass is 10.2. The van der Waals surface area contributed by atoms with Gasteiger partial charge in [0.2, 0.25) is 10.0 Å². The number of aryl methyl sites for hydroxylation is 1. The van der Waals surface area contributed by atoms with Crippen LogP contribution >= 0.6 is 0 Å². The summed E-state index contributed by atoms with van der Waals surface area (Å²) in [4.78, 5) is 4.87. The zero-order chi connectivity index (χ0) is 16.4. The fraction of sp³-hybridized carbons (Fsp3) is 0.643. The minimum atomic E-state index is -3.59. The van der Waals surface area contributed by atoms with E-state index < -0.39 is 10.0 Å². The van der Waals surface area contributed by atoms with Crippen LogP contribution in [0.4, 0.5) is 0 Å². The van der Waals surface area contributed by atoms with E-state index in [4.69, 9.17) is 0 Å². The Balaban J connectivity index is 1.71. The smallest absolute Gasteiger partial charge is 0.247 e. The molecule has 124 valence electrons. The first-order valence-electron chi connectivity index (χ1n) is 7.84. The van der Waals surface area contributed by atoms with Crippen molar-refractivity contribution in [2.75, 3.05) is 6.54 Å². The third kappa shape index (κ3) is 2.21. The summed E-state index contributed by atoms with van der Waals surface area (Å²) in [6, 6.07) is -0.326. The second-order valence-corrected chi connectivity index (χ2v) is 8.19. The maximum Gasteiger partial charge on any atom is 0.247 e. The Morgan fingerprint density at radius 1 is 1.26 bits per heavy atom. The summed E-state index contributed by atoms with van der Waals surface area (Å²) < 4.78 is 31.0. The van der Waals surface area contributed by atoms with Crippen molar-refractivity contribution in [3.8, 4) is 0 Å². The van der Waals surface area contributed by atoms with Crippen LogP contribution in [0.5, 0.6) is 0 Å². The molecular formula is C14H20N6O2S. The second kappa shape index (κ2) is 4.88. The lowest BCUT2D eigenvalue weighted by Crippen LogP contribution is -2.41. The van der Waals surface area contributed by atoms with Gasteiger partial charge < -0.3 is 0 Å². The summed E-state index contributed by atoms with van der Waals surface area (Å²) in [5, 5.41) is 8.60. The number of sulfonamides is 1. The molecule has 0 spiro atoms. The average molecular weight is 336 g/mol. The zero-order valence-corrected chi connectivity index (χ0v) is 14.3. The highest BCUT2D eigenvalue weighted by atomic mass is 32.2. The molecule has 4 rings (SSSR count). The van der Waals surface area contributed by atoms with Crippen LogP contribution in [-0.4, -0.2) is 43.8 Å². The highest BCUT2D eigenvalue weighted by Crippen LogP contribution is 2.39. The summed E-state index contributed by atoms with van der Waals surface area (Å²) in [5.74, 6) is 2.07. The van der Waals surface area contributed by atoms with Crippen LogP contribution < -0.4 is 0 Å². The van der Waals surface area contributed by atoms with Gasteiger partial charge in [-0.3, -0.25) is 4.68 Å². The molecule has 2 aliphatic rings. The van der Waals surface area contributed by atoms with Gasteiger partial charge in [0, 0.05) is 19.5 Å². The summed E-state index contributed by atoms with van der Waals surface area (Å²) in [6.45, 7) is 4.58. The number of rotatable bonds is 3. The molecular weight excluding hydrogens is 316 g/mol. The molecule has 1 aliphatic carbocycles. The molecule has 0 saturated heterocycles. The molecule has 1 aliphatic heterocycles. The lowest BCUT2D eigenvalue weighted by Gasteiger charge is -2.31. The predicted octanol–water partition coefficient (Wildman–Crippen LogP) is 0.963. The van der Waals surface area contributed by atoms with E-state index in [1.54, 1.807) is 18.7 Å². The molecule has 2 aromatic rings. The van der Waals surface area contributed by atoms with Crippen molar-refractivity contribution in [3.63, 3.8) is 0 Å². The number of hydrogen-bond donors (Lipinski definition) is 0. The van der Waals surface area contributed by atoms with E-state index >= 15 is 0 Å². The van der Waals surface area contributed by atoms with E-state index in [1.165, 1.54) is 10.5 Å². The minimum Gasteiger partial charge on any atom is -0.272 e. The maximum absolute atomic E-state index is 13.0. The van der Waals surface area contributed by atoms with Crippen LogP contribution in [0.25, 0.3) is 0 Å². The van der Waals surface area contributed by atoms with Crippen molar-refractivity contribution in [2.45, 2.75) is 50.1 Å². The second-order valence-electron chi connectivity index (χ2n) is 6.34. The minimum absolute atomic E-state index is 0.266. The predicted molar refractivity (Wildman–Crippen MR) is 82.2 cm³/mol. The SMILES string of the molecule is Cc1c(S(=O)(=O)N2CCn3nc(C4CC4)nc3[C@H]2C)cnn1C. The number of aromatic nitrogens is 5. The molecule has 3 heterocycles. The van der Waals surface area contributed by atoms with Crippen LogP contribution in [0, 0.1) is 6.92 Å². The summed E-state index contributed by atoms with van der Waals surface area (Å²) in [5.41, 5.74) is 0.642. The van der Waals surface area contributed by atoms with Crippen LogP contribution in [0.15, 0.2) is 11.1 Å². The van der Waals surface area contributed by atoms with E-state index in [9.17, 15) is 8.42 Å². The molecule has 0 amide bonds. The van der Waals surface area contributed by atoms with Crippen LogP contribution in [0.3, 0.4) is 0 Å². The van der Waals surface area contributed by atoms with Gasteiger partial charge in [0.1, 0.15) is 10.7 Å². The van der Waals surface area contributed by atoms with Crippen molar-refractivity contribution in [3.05, 3.63) is 23.5 Å². The Labute approximate surface area is 135 Å². The van der Waals surface area contributed by atoms with Crippen molar-refractivity contribution in [2.24, 2.45) is 7.05 Å². The third-order valence-electron chi connectivity index (χ3n) is 4.77. The van der Waals surface area contributed by atoms with Gasteiger partial charge in [-0.15, -0.1) is 0 Å². The van der Waals surface area contributed by atoms with E-state index in [-0.39, 0.29) is 10.9 Å². The maximum atomic E-state index is 13.0. The Morgan fingerprint density at radius 3 is 2.61 bits per heavy atom. The fourth-order valence-electron chi connectivity index (χ4n) is 3.06. The van der Waals surface area contributed by atoms with Gasteiger partial charge in [-0.25, -0.2) is 18.1 Å². The van der Waals surface area contributed by atoms with Crippen molar-refractivity contribution < 1.29 is 8.42 Å². The number of fused-ring (bicyclic) bond motifs is 1. The molecule has 23 heavy (non-hydrogen) atoms. The molecule has 8 nitrogen and oxygen atoms in total. The molecule has 9 heteroatoms. The number of hydrogen-bond acceptors (Lipinski definition) is 5. The molecule has 0 radical (unpaired) electrons. The van der Waals surface area contributed by atoms with Gasteiger partial charge in [0.25, 0.3) is 0 Å². The molecule has 0 aromatic carbocycles. The first-order valence-corrected chi connectivity index (χ1v) is 9.28. The van der Waals surface area contributed by atoms with Gasteiger partial charge in [-0.05, 0) is 26.7 Å². The van der Waals surface area contributed by atoms with Crippen molar-refractivity contribution in [1.29, 1.82) is 0 Å². The normalized spacial score (nSPS) is 22.3. The standard InChI is InChI=1S/C14H20N6O2S/c1-9-12(8-15-18(9)3)23(21,22)20-7-6-19-14(10(20)2)16-13(17-19)11-4-5-11/h8,10-11H,4-7H2,1-3H3/t10-/m1/s1. The topological polar surface area (TPSA) is 85.9 Å². The molecule has 1 fully saturated rings. The van der Waals surface area contributed by atoms with Crippen LogP contribution in [0.1, 0.15) is 49.1 Å². The van der Waals surface area contributed by atoms with E-state index in [1.807, 2.05) is 11.6 Å². The lowest BCUT2D eigenvalue weighted by molar-refractivity contribution is 0.265. The summed E-state index contributed by atoms with van der Waals surface area (Å²) in [6.07, 6.45) is 3.69. The fourth-order valence-corrected chi connectivity index (χ4v) is 4.83. The summed E-state index contributed by atoms with van der Waals surface area (Å²) in [7, 11) is -1.85. The largest absolute Gasteiger partial charge is 0.272 e. The van der Waals surface area contributed by atoms with Gasteiger partial charge in [0.15, 0.2) is 5.82 Å². The van der Waals surface area contributed by atoms with Gasteiger partial charge in [-0.1, -0.05) is 0 Å². The van der Waals surface area contributed by atoms with Crippen LogP contribution in [-0.2, 0) is 23.6 Å². The molecule has 0 N–H and O–H groups in total. The van der Waals surface area contributed by atoms with E-state index in [0.29, 0.717) is 24.7 Å². The van der Waals surface area contributed by atoms with Gasteiger partial charge in [0.05, 0.1) is 24.5 Å². The van der Waals surface area contributed by atoms with Crippen molar-refractivity contribution >= 4 is 10.0 Å². The Bertz CT molecular complexity index is 864. The Morgan fingerprint density at radius 2 is 2.00 bits per heavy atom. The first-order chi connectivity index (χ1) is 10.9. The number of nitrogens with zero attached hydrogens (tertiary/aromatic N) is 6. The Hall–Kier alpha value is -1.74. The molecule has 0 unspecified atom stereocenters. The van der Waals surface area contributed by atoms with E-state index in [0.717, 1.165) is 24.5 Å².